The highest BCUT2D eigenvalue weighted by atomic mass is 16.5. The van der Waals surface area contributed by atoms with Crippen LogP contribution in [0, 0.1) is 6.92 Å². The van der Waals surface area contributed by atoms with E-state index in [2.05, 4.69) is 9.97 Å². The molecular formula is C15H18N2O2. The summed E-state index contributed by atoms with van der Waals surface area (Å²) in [6.07, 6.45) is 0. The van der Waals surface area contributed by atoms with Gasteiger partial charge in [0.25, 0.3) is 0 Å². The first-order valence-electron chi connectivity index (χ1n) is 6.32. The van der Waals surface area contributed by atoms with Crippen LogP contribution >= 0.6 is 0 Å². The van der Waals surface area contributed by atoms with Gasteiger partial charge in [0.1, 0.15) is 11.6 Å². The van der Waals surface area contributed by atoms with E-state index < -0.39 is 0 Å². The highest BCUT2D eigenvalue weighted by Crippen LogP contribution is 2.25. The third-order valence-electron chi connectivity index (χ3n) is 2.72. The van der Waals surface area contributed by atoms with Crippen LogP contribution in [-0.4, -0.2) is 15.1 Å². The molecular weight excluding hydrogens is 240 g/mol. The van der Waals surface area contributed by atoms with E-state index in [0.29, 0.717) is 11.6 Å². The van der Waals surface area contributed by atoms with E-state index in [-0.39, 0.29) is 12.5 Å². The van der Waals surface area contributed by atoms with E-state index in [9.17, 15) is 5.11 Å². The van der Waals surface area contributed by atoms with E-state index in [1.807, 2.05) is 45.0 Å². The normalized spacial score (nSPS) is 10.8. The van der Waals surface area contributed by atoms with Gasteiger partial charge in [0.2, 0.25) is 5.88 Å². The first-order chi connectivity index (χ1) is 9.10. The molecule has 0 aliphatic rings. The Kier molecular flexibility index (Phi) is 4.12. The molecule has 0 saturated carbocycles. The average molecular weight is 258 g/mol. The standard InChI is InChI=1S/C15H18N2O2/c1-10(2)15-16-11(3)8-14(17-15)19-13-7-5-4-6-12(13)9-18/h4-8,10,18H,9H2,1-3H3. The maximum absolute atomic E-state index is 9.28. The molecule has 2 aromatic rings. The number of nitrogens with zero attached hydrogens (tertiary/aromatic N) is 2. The SMILES string of the molecule is Cc1cc(Oc2ccccc2CO)nc(C(C)C)n1. The lowest BCUT2D eigenvalue weighted by atomic mass is 10.2. The van der Waals surface area contributed by atoms with E-state index >= 15 is 0 Å². The van der Waals surface area contributed by atoms with Crippen LogP contribution in [0.2, 0.25) is 0 Å². The van der Waals surface area contributed by atoms with Crippen LogP contribution in [0.5, 0.6) is 11.6 Å². The van der Waals surface area contributed by atoms with Crippen molar-refractivity contribution in [2.24, 2.45) is 0 Å². The number of ether oxygens (including phenoxy) is 1. The zero-order valence-corrected chi connectivity index (χ0v) is 11.4. The zero-order chi connectivity index (χ0) is 13.8. The molecule has 0 fully saturated rings. The summed E-state index contributed by atoms with van der Waals surface area (Å²) in [6, 6.07) is 9.17. The monoisotopic (exact) mass is 258 g/mol. The van der Waals surface area contributed by atoms with Crippen molar-refractivity contribution in [3.63, 3.8) is 0 Å². The maximum atomic E-state index is 9.28. The third-order valence-corrected chi connectivity index (χ3v) is 2.72. The number of aliphatic hydroxyl groups excluding tert-OH is 1. The molecule has 0 atom stereocenters. The molecule has 0 amide bonds. The van der Waals surface area contributed by atoms with Gasteiger partial charge in [-0.1, -0.05) is 32.0 Å². The molecule has 0 aliphatic carbocycles. The van der Waals surface area contributed by atoms with Crippen molar-refractivity contribution in [2.75, 3.05) is 0 Å². The molecule has 1 heterocycles. The number of aliphatic hydroxyl groups is 1. The highest BCUT2D eigenvalue weighted by molar-refractivity contribution is 5.35. The minimum absolute atomic E-state index is 0.0583. The summed E-state index contributed by atoms with van der Waals surface area (Å²) in [4.78, 5) is 8.77. The van der Waals surface area contributed by atoms with Crippen LogP contribution < -0.4 is 4.74 Å². The first kappa shape index (κ1) is 13.5. The predicted octanol–water partition coefficient (Wildman–Crippen LogP) is 3.19. The lowest BCUT2D eigenvalue weighted by Crippen LogP contribution is -2.02. The van der Waals surface area contributed by atoms with Crippen molar-refractivity contribution in [3.05, 3.63) is 47.4 Å². The smallest absolute Gasteiger partial charge is 0.222 e. The fourth-order valence-corrected chi connectivity index (χ4v) is 1.72. The van der Waals surface area contributed by atoms with E-state index in [1.54, 1.807) is 6.07 Å². The number of aryl methyl sites for hydroxylation is 1. The van der Waals surface area contributed by atoms with Gasteiger partial charge in [0.05, 0.1) is 6.61 Å². The molecule has 1 N–H and O–H groups in total. The number of hydrogen-bond acceptors (Lipinski definition) is 4. The molecule has 2 rings (SSSR count). The van der Waals surface area contributed by atoms with Crippen LogP contribution in [-0.2, 0) is 6.61 Å². The van der Waals surface area contributed by atoms with E-state index in [0.717, 1.165) is 17.1 Å². The van der Waals surface area contributed by atoms with Gasteiger partial charge in [0.15, 0.2) is 0 Å². The quantitative estimate of drug-likeness (QED) is 0.915. The Labute approximate surface area is 113 Å². The minimum atomic E-state index is -0.0583. The molecule has 4 nitrogen and oxygen atoms in total. The predicted molar refractivity (Wildman–Crippen MR) is 73.3 cm³/mol. The Morgan fingerprint density at radius 3 is 2.63 bits per heavy atom. The first-order valence-corrected chi connectivity index (χ1v) is 6.32. The second-order valence-corrected chi connectivity index (χ2v) is 4.73. The van der Waals surface area contributed by atoms with Gasteiger partial charge in [-0.15, -0.1) is 0 Å². The van der Waals surface area contributed by atoms with Crippen LogP contribution in [0.4, 0.5) is 0 Å². The molecule has 0 aliphatic heterocycles. The van der Waals surface area contributed by atoms with Gasteiger partial charge >= 0.3 is 0 Å². The molecule has 19 heavy (non-hydrogen) atoms. The van der Waals surface area contributed by atoms with Gasteiger partial charge in [-0.25, -0.2) is 4.98 Å². The third kappa shape index (κ3) is 3.29. The minimum Gasteiger partial charge on any atom is -0.439 e. The van der Waals surface area contributed by atoms with Crippen LogP contribution in [0.15, 0.2) is 30.3 Å². The Balaban J connectivity index is 2.32. The van der Waals surface area contributed by atoms with Gasteiger partial charge in [-0.3, -0.25) is 0 Å². The summed E-state index contributed by atoms with van der Waals surface area (Å²) >= 11 is 0. The summed E-state index contributed by atoms with van der Waals surface area (Å²) < 4.78 is 5.76. The molecule has 0 saturated heterocycles. The molecule has 0 radical (unpaired) electrons. The van der Waals surface area contributed by atoms with Gasteiger partial charge < -0.3 is 9.84 Å². The molecule has 1 aromatic heterocycles. The van der Waals surface area contributed by atoms with Crippen molar-refractivity contribution in [2.45, 2.75) is 33.3 Å². The molecule has 0 bridgehead atoms. The Hall–Kier alpha value is -1.94. The number of rotatable bonds is 4. The average Bonchev–Trinajstić information content (AvgIpc) is 2.38. The van der Waals surface area contributed by atoms with Crippen molar-refractivity contribution in [1.29, 1.82) is 0 Å². The second-order valence-electron chi connectivity index (χ2n) is 4.73. The Bertz CT molecular complexity index is 568. The van der Waals surface area contributed by atoms with Crippen LogP contribution in [0.3, 0.4) is 0 Å². The molecule has 1 aromatic carbocycles. The molecule has 0 unspecified atom stereocenters. The van der Waals surface area contributed by atoms with E-state index in [4.69, 9.17) is 4.74 Å². The molecule has 100 valence electrons. The number of benzene rings is 1. The highest BCUT2D eigenvalue weighted by Gasteiger charge is 2.09. The summed E-state index contributed by atoms with van der Waals surface area (Å²) in [5, 5.41) is 9.28. The number of para-hydroxylation sites is 1. The van der Waals surface area contributed by atoms with Crippen molar-refractivity contribution >= 4 is 0 Å². The zero-order valence-electron chi connectivity index (χ0n) is 11.4. The topological polar surface area (TPSA) is 55.2 Å². The Morgan fingerprint density at radius 1 is 1.21 bits per heavy atom. The summed E-state index contributed by atoms with van der Waals surface area (Å²) in [5.41, 5.74) is 1.61. The van der Waals surface area contributed by atoms with Gasteiger partial charge in [-0.05, 0) is 13.0 Å². The van der Waals surface area contributed by atoms with Crippen molar-refractivity contribution in [3.8, 4) is 11.6 Å². The second kappa shape index (κ2) is 5.80. The molecule has 0 spiro atoms. The summed E-state index contributed by atoms with van der Waals surface area (Å²) in [6.45, 7) is 5.94. The van der Waals surface area contributed by atoms with Crippen LogP contribution in [0.1, 0.15) is 36.8 Å². The number of aromatic nitrogens is 2. The van der Waals surface area contributed by atoms with Crippen LogP contribution in [0.25, 0.3) is 0 Å². The summed E-state index contributed by atoms with van der Waals surface area (Å²) in [7, 11) is 0. The van der Waals surface area contributed by atoms with Gasteiger partial charge in [-0.2, -0.15) is 4.98 Å². The van der Waals surface area contributed by atoms with Crippen molar-refractivity contribution in [1.82, 2.24) is 9.97 Å². The van der Waals surface area contributed by atoms with Gasteiger partial charge in [0, 0.05) is 23.2 Å². The van der Waals surface area contributed by atoms with E-state index in [1.165, 1.54) is 0 Å². The summed E-state index contributed by atoms with van der Waals surface area (Å²) in [5.74, 6) is 2.14. The number of hydrogen-bond donors (Lipinski definition) is 1. The lowest BCUT2D eigenvalue weighted by Gasteiger charge is -2.11. The Morgan fingerprint density at radius 2 is 1.95 bits per heavy atom. The molecule has 4 heteroatoms. The fourth-order valence-electron chi connectivity index (χ4n) is 1.72. The fraction of sp³-hybridized carbons (Fsp3) is 0.333. The maximum Gasteiger partial charge on any atom is 0.222 e. The van der Waals surface area contributed by atoms with Crippen molar-refractivity contribution < 1.29 is 9.84 Å². The largest absolute Gasteiger partial charge is 0.439 e. The lowest BCUT2D eigenvalue weighted by molar-refractivity contribution is 0.276.